The molecule has 88 heavy (non-hydrogen) atoms. The maximum absolute atomic E-state index is 8.89. The summed E-state index contributed by atoms with van der Waals surface area (Å²) in [5.74, 6) is -13.0. The molecule has 4 radical (unpaired) electrons. The largest absolute Gasteiger partial charge is 3.00 e. The molecule has 0 aromatic rings. The third-order valence-corrected chi connectivity index (χ3v) is 6.28. The molecule has 0 aromatic carbocycles. The molecule has 0 bridgehead atoms. The summed E-state index contributed by atoms with van der Waals surface area (Å²) in [7, 11) is 0. The van der Waals surface area contributed by atoms with Crippen LogP contribution >= 0.6 is 0 Å². The van der Waals surface area contributed by atoms with E-state index in [1.165, 1.54) is 116 Å². The molecule has 3 saturated heterocycles. The second-order valence-corrected chi connectivity index (χ2v) is 15.6. The average Bonchev–Trinajstić information content (AvgIpc) is 3.25. The fourth-order valence-corrected chi connectivity index (χ4v) is 4.04. The Kier molecular flexibility index (Phi) is 177. The first kappa shape index (κ1) is 127. The first-order valence-electron chi connectivity index (χ1n) is 25.8. The van der Waals surface area contributed by atoms with Crippen molar-refractivity contribution in [1.29, 1.82) is 0 Å². The number of carboxylic acid groups (broad SMARTS) is 12. The van der Waals surface area contributed by atoms with Crippen LogP contribution in [0.1, 0.15) is 199 Å². The van der Waals surface area contributed by atoms with Crippen LogP contribution in [0.25, 0.3) is 0 Å². The first-order valence-corrected chi connectivity index (χ1v) is 25.8. The van der Waals surface area contributed by atoms with Gasteiger partial charge in [0.25, 0.3) is 0 Å². The van der Waals surface area contributed by atoms with Gasteiger partial charge in [-0.15, -0.1) is 0 Å². The van der Waals surface area contributed by atoms with Gasteiger partial charge >= 0.3 is 160 Å². The van der Waals surface area contributed by atoms with Gasteiger partial charge in [-0.1, -0.05) is 77.0 Å². The van der Waals surface area contributed by atoms with Crippen molar-refractivity contribution >= 4 is 71.6 Å². The van der Waals surface area contributed by atoms with Crippen molar-refractivity contribution in [3.63, 3.8) is 0 Å². The number of rotatable bonds is 0. The van der Waals surface area contributed by atoms with Gasteiger partial charge in [-0.25, -0.2) is 32.6 Å². The van der Waals surface area contributed by atoms with Crippen molar-refractivity contribution in [2.75, 3.05) is 39.3 Å². The third kappa shape index (κ3) is 495. The van der Waals surface area contributed by atoms with E-state index in [4.69, 9.17) is 119 Å². The number of hydrazine groups is 9. The number of nitrogens with one attached hydrogen (secondary N) is 12. The van der Waals surface area contributed by atoms with Crippen LogP contribution in [-0.4, -0.2) is 111 Å². The van der Waals surface area contributed by atoms with Gasteiger partial charge in [0, 0.05) is 111 Å². The van der Waals surface area contributed by atoms with Crippen molar-refractivity contribution in [3.8, 4) is 0 Å². The molecule has 3 heterocycles. The molecule has 524 valence electrons. The number of hydrogen-bond donors (Lipinski definition) is 12. The fraction of sp³-hybridized carbons (Fsp3) is 0.750. The number of carboxylic acids is 12. The van der Waals surface area contributed by atoms with Gasteiger partial charge in [0.15, 0.2) is 0 Å². The van der Waals surface area contributed by atoms with Crippen molar-refractivity contribution in [2.45, 2.75) is 199 Å². The van der Waals surface area contributed by atoms with Crippen LogP contribution in [0.4, 0.5) is 0 Å². The van der Waals surface area contributed by atoms with Gasteiger partial charge in [0.05, 0.1) is 0 Å². The Morgan fingerprint density at radius 3 is 0.295 bits per heavy atom. The van der Waals surface area contributed by atoms with Crippen molar-refractivity contribution in [3.05, 3.63) is 0 Å². The van der Waals surface area contributed by atoms with Gasteiger partial charge in [-0.3, -0.25) is 0 Å². The molecule has 0 atom stereocenters. The van der Waals surface area contributed by atoms with E-state index >= 15 is 0 Å². The third-order valence-electron chi connectivity index (χ3n) is 6.28. The molecule has 3 aliphatic rings. The number of carbonyl (C=O) groups excluding carboxylic acids is 12. The van der Waals surface area contributed by atoms with Crippen LogP contribution in [0.2, 0.25) is 0 Å². The summed E-state index contributed by atoms with van der Waals surface area (Å²) in [5, 5.41) is 107. The zero-order valence-corrected chi connectivity index (χ0v) is 61.3. The summed E-state index contributed by atoms with van der Waals surface area (Å²) >= 11 is 0. The van der Waals surface area contributed by atoms with Gasteiger partial charge < -0.3 is 119 Å². The molecule has 0 amide bonds. The van der Waals surface area contributed by atoms with Crippen LogP contribution in [0.3, 0.4) is 0 Å². The standard InChI is InChI=1S/3C8H20N4.12C2H4O2.4Gd/c3*1-2-4-6-8-10-12-11-9-7-5-3-1;12*1-2(3)4;;;;/h3*9-12H,1-8H2;12*1H3,(H,3,4);;;;/q;;;;;;;;;;;;;;;4*+3/p-12. The molecular formula is C48H96Gd4N12O24. The molecule has 40 heteroatoms. The molecule has 36 nitrogen and oxygen atoms in total. The molecule has 0 spiro atoms. The minimum absolute atomic E-state index is 0. The van der Waals surface area contributed by atoms with Gasteiger partial charge in [-0.05, 0) is 122 Å². The van der Waals surface area contributed by atoms with E-state index in [0.29, 0.717) is 0 Å². The quantitative estimate of drug-likeness (QED) is 0.107. The van der Waals surface area contributed by atoms with Crippen molar-refractivity contribution < 1.29 is 279 Å². The Morgan fingerprint density at radius 2 is 0.227 bits per heavy atom. The van der Waals surface area contributed by atoms with E-state index in [0.717, 1.165) is 122 Å². The molecular weight excluding hydrogens is 1760 g/mol. The summed E-state index contributed by atoms with van der Waals surface area (Å²) in [6, 6.07) is 0. The van der Waals surface area contributed by atoms with Gasteiger partial charge in [0.1, 0.15) is 0 Å². The molecule has 0 unspecified atom stereocenters. The van der Waals surface area contributed by atoms with E-state index in [-0.39, 0.29) is 160 Å². The van der Waals surface area contributed by atoms with Crippen LogP contribution in [0, 0.1) is 160 Å². The first-order chi connectivity index (χ1) is 38.8. The molecule has 3 fully saturated rings. The second kappa shape index (κ2) is 123. The average molecular weight is 1850 g/mol. The van der Waals surface area contributed by atoms with E-state index in [1.54, 1.807) is 0 Å². The van der Waals surface area contributed by atoms with E-state index in [9.17, 15) is 0 Å². The number of carbonyl (C=O) groups is 12. The van der Waals surface area contributed by atoms with Crippen LogP contribution < -0.4 is 127 Å². The minimum Gasteiger partial charge on any atom is -0.550 e. The molecule has 0 aromatic heterocycles. The summed E-state index contributed by atoms with van der Waals surface area (Å²) in [6.07, 6.45) is 24.0. The predicted octanol–water partition coefficient (Wildman–Crippen LogP) is -13.6. The van der Waals surface area contributed by atoms with Gasteiger partial charge in [0.2, 0.25) is 0 Å². The van der Waals surface area contributed by atoms with E-state index in [1.807, 2.05) is 0 Å². The molecule has 3 rings (SSSR count). The topological polar surface area (TPSA) is 626 Å². The Balaban J connectivity index is -0.0000000464. The zero-order chi connectivity index (χ0) is 68.4. The number of aliphatic carboxylic acids is 12. The number of hydrogen-bond acceptors (Lipinski definition) is 36. The minimum atomic E-state index is -1.08. The van der Waals surface area contributed by atoms with Crippen molar-refractivity contribution in [1.82, 2.24) is 65.8 Å². The zero-order valence-electron chi connectivity index (χ0n) is 52.2. The Hall–Kier alpha value is -1.54. The summed E-state index contributed by atoms with van der Waals surface area (Å²) < 4.78 is 0. The Bertz CT molecular complexity index is 1060. The SMILES string of the molecule is C1CCCCNNNNCCC1.C1CCCCNNNNCCC1.C1CCCCNNNNCCC1.CC(=O)[O-].CC(=O)[O-].CC(=O)[O-].CC(=O)[O-].CC(=O)[O-].CC(=O)[O-].CC(=O)[O-].CC(=O)[O-].CC(=O)[O-].CC(=O)[O-].CC(=O)[O-].CC(=O)[O-].[Gd+3].[Gd+3].[Gd+3].[Gd+3]. The molecule has 3 aliphatic heterocycles. The Labute approximate surface area is 645 Å². The van der Waals surface area contributed by atoms with E-state index < -0.39 is 71.6 Å². The maximum Gasteiger partial charge on any atom is 3.00 e. The van der Waals surface area contributed by atoms with Crippen LogP contribution in [-0.2, 0) is 57.5 Å². The van der Waals surface area contributed by atoms with Crippen molar-refractivity contribution in [2.24, 2.45) is 0 Å². The van der Waals surface area contributed by atoms with E-state index in [2.05, 4.69) is 65.8 Å². The summed E-state index contributed by atoms with van der Waals surface area (Å²) in [6.45, 7) is 17.9. The molecule has 0 saturated carbocycles. The van der Waals surface area contributed by atoms with Crippen LogP contribution in [0.5, 0.6) is 0 Å². The maximum atomic E-state index is 8.89. The fourth-order valence-electron chi connectivity index (χ4n) is 4.04. The molecule has 0 aliphatic carbocycles. The monoisotopic (exact) mass is 1860 g/mol. The molecule has 12 N–H and O–H groups in total. The predicted molar refractivity (Wildman–Crippen MR) is 278 cm³/mol. The van der Waals surface area contributed by atoms with Gasteiger partial charge in [-0.2, -0.15) is 33.2 Å². The summed E-state index contributed by atoms with van der Waals surface area (Å²) in [4.78, 5) is 107. The normalized spacial score (nSPS) is 13.2. The smallest absolute Gasteiger partial charge is 0.550 e. The van der Waals surface area contributed by atoms with Crippen LogP contribution in [0.15, 0.2) is 0 Å². The second-order valence-electron chi connectivity index (χ2n) is 15.6. The summed E-state index contributed by atoms with van der Waals surface area (Å²) in [5.41, 5.74) is 35.8. The Morgan fingerprint density at radius 1 is 0.170 bits per heavy atom.